The van der Waals surface area contributed by atoms with E-state index in [9.17, 15) is 4.39 Å². The molecule has 0 radical (unpaired) electrons. The maximum Gasteiger partial charge on any atom is 0.124 e. The molecule has 1 heterocycles. The molecule has 1 aliphatic rings. The number of hydrogen-bond donors (Lipinski definition) is 1. The van der Waals surface area contributed by atoms with Crippen LogP contribution in [-0.2, 0) is 4.87 Å². The molecule has 1 saturated heterocycles. The van der Waals surface area contributed by atoms with Crippen LogP contribution in [0, 0.1) is 5.82 Å². The van der Waals surface area contributed by atoms with Gasteiger partial charge in [0.1, 0.15) is 5.82 Å². The summed E-state index contributed by atoms with van der Waals surface area (Å²) < 4.78 is 13.0. The Labute approximate surface area is 105 Å². The van der Waals surface area contributed by atoms with E-state index in [1.807, 2.05) is 11.8 Å². The summed E-state index contributed by atoms with van der Waals surface area (Å²) in [7, 11) is 0. The van der Waals surface area contributed by atoms with Crippen LogP contribution < -0.4 is 5.32 Å². The van der Waals surface area contributed by atoms with Crippen LogP contribution in [0.3, 0.4) is 0 Å². The van der Waals surface area contributed by atoms with Crippen molar-refractivity contribution in [2.24, 2.45) is 0 Å². The van der Waals surface area contributed by atoms with E-state index in [-0.39, 0.29) is 10.7 Å². The number of thioether (sulfide) groups is 1. The number of halogens is 2. The van der Waals surface area contributed by atoms with Crippen LogP contribution in [0.4, 0.5) is 4.39 Å². The van der Waals surface area contributed by atoms with Gasteiger partial charge < -0.3 is 0 Å². The van der Waals surface area contributed by atoms with E-state index in [0.717, 1.165) is 17.7 Å². The molecule has 16 heavy (non-hydrogen) atoms. The molecule has 0 saturated carbocycles. The molecule has 0 bridgehead atoms. The molecule has 0 aliphatic carbocycles. The van der Waals surface area contributed by atoms with Gasteiger partial charge in [-0.3, -0.25) is 5.32 Å². The maximum absolute atomic E-state index is 13.0. The lowest BCUT2D eigenvalue weighted by Crippen LogP contribution is -2.46. The molecule has 4 heteroatoms. The molecule has 0 amide bonds. The Balaban J connectivity index is 2.34. The van der Waals surface area contributed by atoms with Crippen LogP contribution in [0.15, 0.2) is 18.2 Å². The largest absolute Gasteiger partial charge is 0.297 e. The van der Waals surface area contributed by atoms with Gasteiger partial charge in [0.2, 0.25) is 0 Å². The average Bonchev–Trinajstić information content (AvgIpc) is 2.16. The molecular formula is C12H15ClFNS. The van der Waals surface area contributed by atoms with E-state index >= 15 is 0 Å². The molecular weight excluding hydrogens is 245 g/mol. The summed E-state index contributed by atoms with van der Waals surface area (Å²) in [6, 6.07) is 5.08. The van der Waals surface area contributed by atoms with Crippen LogP contribution in [0.2, 0.25) is 5.02 Å². The zero-order valence-electron chi connectivity index (χ0n) is 9.39. The SMILES string of the molecule is CC1CCSC(C)(c2ccc(F)cc2Cl)N1. The van der Waals surface area contributed by atoms with Gasteiger partial charge in [0.05, 0.1) is 4.87 Å². The Morgan fingerprint density at radius 3 is 2.94 bits per heavy atom. The Morgan fingerprint density at radius 2 is 2.31 bits per heavy atom. The van der Waals surface area contributed by atoms with Crippen LogP contribution in [0.5, 0.6) is 0 Å². The molecule has 0 spiro atoms. The van der Waals surface area contributed by atoms with Gasteiger partial charge in [0, 0.05) is 16.6 Å². The smallest absolute Gasteiger partial charge is 0.124 e. The predicted molar refractivity (Wildman–Crippen MR) is 68.4 cm³/mol. The number of benzene rings is 1. The van der Waals surface area contributed by atoms with Gasteiger partial charge in [-0.2, -0.15) is 0 Å². The van der Waals surface area contributed by atoms with Crippen LogP contribution in [0.25, 0.3) is 0 Å². The Hall–Kier alpha value is -0.250. The van der Waals surface area contributed by atoms with Crippen molar-refractivity contribution in [3.05, 3.63) is 34.6 Å². The lowest BCUT2D eigenvalue weighted by Gasteiger charge is -2.38. The third-order valence-corrected chi connectivity index (χ3v) is 4.58. The Morgan fingerprint density at radius 1 is 1.56 bits per heavy atom. The molecule has 1 aromatic carbocycles. The predicted octanol–water partition coefficient (Wildman–Crippen LogP) is 3.77. The topological polar surface area (TPSA) is 12.0 Å². The molecule has 2 rings (SSSR count). The minimum absolute atomic E-state index is 0.206. The summed E-state index contributed by atoms with van der Waals surface area (Å²) in [6.45, 7) is 4.27. The van der Waals surface area contributed by atoms with Gasteiger partial charge in [0.15, 0.2) is 0 Å². The summed E-state index contributed by atoms with van der Waals surface area (Å²) >= 11 is 7.93. The molecule has 1 aliphatic heterocycles. The first kappa shape index (κ1) is 12.2. The van der Waals surface area contributed by atoms with E-state index in [0.29, 0.717) is 11.1 Å². The third kappa shape index (κ3) is 2.36. The molecule has 1 fully saturated rings. The first-order valence-electron chi connectivity index (χ1n) is 5.38. The van der Waals surface area contributed by atoms with Crippen LogP contribution in [0.1, 0.15) is 25.8 Å². The second kappa shape index (κ2) is 4.55. The van der Waals surface area contributed by atoms with E-state index in [1.165, 1.54) is 12.1 Å². The van der Waals surface area contributed by atoms with Crippen LogP contribution >= 0.6 is 23.4 Å². The molecule has 1 nitrogen and oxygen atoms in total. The van der Waals surface area contributed by atoms with Crippen molar-refractivity contribution in [2.45, 2.75) is 31.2 Å². The van der Waals surface area contributed by atoms with Crippen molar-refractivity contribution < 1.29 is 4.39 Å². The fraction of sp³-hybridized carbons (Fsp3) is 0.500. The zero-order chi connectivity index (χ0) is 11.8. The molecule has 1 N–H and O–H groups in total. The summed E-state index contributed by atoms with van der Waals surface area (Å²) in [5.74, 6) is 0.810. The quantitative estimate of drug-likeness (QED) is 0.824. The van der Waals surface area contributed by atoms with Gasteiger partial charge in [-0.25, -0.2) is 4.39 Å². The van der Waals surface area contributed by atoms with Crippen molar-refractivity contribution >= 4 is 23.4 Å². The van der Waals surface area contributed by atoms with Crippen molar-refractivity contribution in [3.63, 3.8) is 0 Å². The molecule has 0 aromatic heterocycles. The standard InChI is InChI=1S/C12H15ClFNS/c1-8-5-6-16-12(2,15-8)10-4-3-9(14)7-11(10)13/h3-4,7-8,15H,5-6H2,1-2H3. The third-order valence-electron chi connectivity index (χ3n) is 2.91. The average molecular weight is 260 g/mol. The lowest BCUT2D eigenvalue weighted by molar-refractivity contribution is 0.419. The Kier molecular flexibility index (Phi) is 3.48. The maximum atomic E-state index is 13.0. The number of rotatable bonds is 1. The van der Waals surface area contributed by atoms with E-state index < -0.39 is 0 Å². The number of nitrogens with one attached hydrogen (secondary N) is 1. The normalized spacial score (nSPS) is 30.4. The zero-order valence-corrected chi connectivity index (χ0v) is 11.0. The summed E-state index contributed by atoms with van der Waals surface area (Å²) in [5.41, 5.74) is 0.965. The fourth-order valence-electron chi connectivity index (χ4n) is 2.06. The first-order valence-corrected chi connectivity index (χ1v) is 6.75. The van der Waals surface area contributed by atoms with Gasteiger partial charge in [-0.05, 0) is 38.2 Å². The fourth-order valence-corrected chi connectivity index (χ4v) is 3.97. The molecule has 1 aromatic rings. The van der Waals surface area contributed by atoms with E-state index in [1.54, 1.807) is 6.07 Å². The van der Waals surface area contributed by atoms with Gasteiger partial charge in [-0.15, -0.1) is 11.8 Å². The molecule has 88 valence electrons. The second-order valence-corrected chi connectivity index (χ2v) is 6.26. The van der Waals surface area contributed by atoms with Crippen molar-refractivity contribution in [2.75, 3.05) is 5.75 Å². The van der Waals surface area contributed by atoms with Crippen molar-refractivity contribution in [3.8, 4) is 0 Å². The summed E-state index contributed by atoms with van der Waals surface area (Å²) in [5, 5.41) is 4.02. The van der Waals surface area contributed by atoms with Crippen LogP contribution in [-0.4, -0.2) is 11.8 Å². The highest BCUT2D eigenvalue weighted by atomic mass is 35.5. The minimum atomic E-state index is -0.286. The minimum Gasteiger partial charge on any atom is -0.297 e. The highest BCUT2D eigenvalue weighted by Gasteiger charge is 2.33. The molecule has 2 unspecified atom stereocenters. The summed E-state index contributed by atoms with van der Waals surface area (Å²) in [4.78, 5) is -0.206. The summed E-state index contributed by atoms with van der Waals surface area (Å²) in [6.07, 6.45) is 1.15. The van der Waals surface area contributed by atoms with Gasteiger partial charge in [0.25, 0.3) is 0 Å². The first-order chi connectivity index (χ1) is 7.51. The second-order valence-electron chi connectivity index (χ2n) is 4.34. The Bertz CT molecular complexity index is 399. The molecule has 2 atom stereocenters. The van der Waals surface area contributed by atoms with Crippen molar-refractivity contribution in [1.29, 1.82) is 0 Å². The lowest BCUT2D eigenvalue weighted by atomic mass is 10.1. The van der Waals surface area contributed by atoms with E-state index in [4.69, 9.17) is 11.6 Å². The highest BCUT2D eigenvalue weighted by Crippen LogP contribution is 2.41. The number of hydrogen-bond acceptors (Lipinski definition) is 2. The highest BCUT2D eigenvalue weighted by molar-refractivity contribution is 8.00. The monoisotopic (exact) mass is 259 g/mol. The van der Waals surface area contributed by atoms with Gasteiger partial charge >= 0.3 is 0 Å². The van der Waals surface area contributed by atoms with Gasteiger partial charge in [-0.1, -0.05) is 17.7 Å². The van der Waals surface area contributed by atoms with E-state index in [2.05, 4.69) is 19.2 Å². The van der Waals surface area contributed by atoms with Crippen molar-refractivity contribution in [1.82, 2.24) is 5.32 Å².